The van der Waals surface area contributed by atoms with E-state index in [4.69, 9.17) is 4.74 Å². The summed E-state index contributed by atoms with van der Waals surface area (Å²) in [5.74, 6) is -1.95. The lowest BCUT2D eigenvalue weighted by Crippen LogP contribution is -2.37. The first-order chi connectivity index (χ1) is 18.9. The summed E-state index contributed by atoms with van der Waals surface area (Å²) >= 11 is 3.30. The maximum Gasteiger partial charge on any atom is 0.416 e. The van der Waals surface area contributed by atoms with Crippen LogP contribution < -0.4 is 20.8 Å². The number of hydrogen-bond acceptors (Lipinski definition) is 5. The van der Waals surface area contributed by atoms with E-state index in [-0.39, 0.29) is 18.0 Å². The molecule has 0 saturated heterocycles. The normalized spacial score (nSPS) is 11.4. The number of amides is 3. The predicted molar refractivity (Wildman–Crippen MR) is 148 cm³/mol. The molecule has 3 N–H and O–H groups in total. The van der Waals surface area contributed by atoms with Gasteiger partial charge in [0.05, 0.1) is 11.8 Å². The van der Waals surface area contributed by atoms with Gasteiger partial charge in [-0.1, -0.05) is 60.1 Å². The first kappa shape index (κ1) is 30.4. The molecule has 0 aromatic heterocycles. The van der Waals surface area contributed by atoms with E-state index in [9.17, 15) is 27.6 Å². The molecule has 3 aromatic rings. The molecule has 3 rings (SSSR count). The number of carbonyl (C=O) groups excluding carboxylic acids is 3. The van der Waals surface area contributed by atoms with Crippen molar-refractivity contribution < 1.29 is 32.3 Å². The summed E-state index contributed by atoms with van der Waals surface area (Å²) < 4.78 is 44.8. The third-order valence-corrected chi connectivity index (χ3v) is 5.97. The Morgan fingerprint density at radius 2 is 1.73 bits per heavy atom. The van der Waals surface area contributed by atoms with Crippen molar-refractivity contribution in [1.29, 1.82) is 0 Å². The molecule has 0 heterocycles. The van der Waals surface area contributed by atoms with Gasteiger partial charge in [0, 0.05) is 22.3 Å². The topological polar surface area (TPSA) is 109 Å². The van der Waals surface area contributed by atoms with Crippen molar-refractivity contribution in [3.8, 4) is 5.75 Å². The molecule has 0 aliphatic rings. The molecule has 8 nitrogen and oxygen atoms in total. The van der Waals surface area contributed by atoms with E-state index < -0.39 is 36.1 Å². The van der Waals surface area contributed by atoms with Gasteiger partial charge in [0.15, 0.2) is 6.61 Å². The maximum absolute atomic E-state index is 12.9. The standard InChI is InChI=1S/C28H26BrF3N4O4/c1-17(2)19-8-6-18(7-9-19)14-33-26(38)27(39)36-34-15-20-12-22(29)10-11-24(20)40-16-25(37)35-23-5-3-4-21(13-23)28(30,31)32/h3-13,15,17H,14,16H2,1-2H3,(H,33,38)(H,35,37)(H,36,39)/b34-15-. The van der Waals surface area contributed by atoms with Gasteiger partial charge >= 0.3 is 18.0 Å². The van der Waals surface area contributed by atoms with Crippen LogP contribution in [0.15, 0.2) is 76.3 Å². The average molecular weight is 619 g/mol. The van der Waals surface area contributed by atoms with Crippen LogP contribution in [0.5, 0.6) is 5.75 Å². The zero-order valence-electron chi connectivity index (χ0n) is 21.5. The monoisotopic (exact) mass is 618 g/mol. The van der Waals surface area contributed by atoms with E-state index in [1.807, 2.05) is 24.3 Å². The van der Waals surface area contributed by atoms with E-state index in [1.165, 1.54) is 24.4 Å². The molecule has 3 amide bonds. The molecule has 210 valence electrons. The minimum Gasteiger partial charge on any atom is -0.483 e. The van der Waals surface area contributed by atoms with Crippen molar-refractivity contribution in [1.82, 2.24) is 10.7 Å². The van der Waals surface area contributed by atoms with Crippen LogP contribution in [0.25, 0.3) is 0 Å². The Balaban J connectivity index is 1.53. The fraction of sp³-hybridized carbons (Fsp3) is 0.214. The summed E-state index contributed by atoms with van der Waals surface area (Å²) in [6.45, 7) is 3.81. The molecule has 0 saturated carbocycles. The minimum absolute atomic E-state index is 0.0328. The first-order valence-electron chi connectivity index (χ1n) is 12.0. The Morgan fingerprint density at radius 1 is 1.00 bits per heavy atom. The van der Waals surface area contributed by atoms with Gasteiger partial charge in [0.1, 0.15) is 5.75 Å². The molecule has 0 fully saturated rings. The molecule has 0 unspecified atom stereocenters. The molecule has 0 aliphatic carbocycles. The summed E-state index contributed by atoms with van der Waals surface area (Å²) in [6.07, 6.45) is -3.32. The van der Waals surface area contributed by atoms with Crippen molar-refractivity contribution in [2.24, 2.45) is 5.10 Å². The molecule has 0 radical (unpaired) electrons. The van der Waals surface area contributed by atoms with Crippen molar-refractivity contribution >= 4 is 45.6 Å². The van der Waals surface area contributed by atoms with Crippen molar-refractivity contribution in [3.05, 3.63) is 93.5 Å². The smallest absolute Gasteiger partial charge is 0.416 e. The summed E-state index contributed by atoms with van der Waals surface area (Å²) in [4.78, 5) is 36.5. The number of hydrazone groups is 1. The predicted octanol–water partition coefficient (Wildman–Crippen LogP) is 5.38. The number of hydrogen-bond donors (Lipinski definition) is 3. The lowest BCUT2D eigenvalue weighted by molar-refractivity contribution is -0.139. The van der Waals surface area contributed by atoms with Gasteiger partial charge in [-0.2, -0.15) is 18.3 Å². The Hall–Kier alpha value is -4.19. The van der Waals surface area contributed by atoms with E-state index in [0.29, 0.717) is 16.0 Å². The van der Waals surface area contributed by atoms with E-state index in [1.54, 1.807) is 12.1 Å². The number of nitrogens with zero attached hydrogens (tertiary/aromatic N) is 1. The molecule has 0 bridgehead atoms. The third-order valence-electron chi connectivity index (χ3n) is 5.48. The van der Waals surface area contributed by atoms with Crippen molar-refractivity contribution in [3.63, 3.8) is 0 Å². The zero-order chi connectivity index (χ0) is 29.3. The molecule has 40 heavy (non-hydrogen) atoms. The van der Waals surface area contributed by atoms with Crippen LogP contribution in [0.1, 0.15) is 42.0 Å². The Morgan fingerprint density at radius 3 is 2.40 bits per heavy atom. The van der Waals surface area contributed by atoms with Crippen molar-refractivity contribution in [2.45, 2.75) is 32.5 Å². The van der Waals surface area contributed by atoms with Gasteiger partial charge in [0.25, 0.3) is 5.91 Å². The first-order valence-corrected chi connectivity index (χ1v) is 12.8. The van der Waals surface area contributed by atoms with Crippen LogP contribution in [0.4, 0.5) is 18.9 Å². The van der Waals surface area contributed by atoms with Gasteiger partial charge in [0.2, 0.25) is 0 Å². The van der Waals surface area contributed by atoms with Crippen LogP contribution in [0.3, 0.4) is 0 Å². The molecule has 3 aromatic carbocycles. The number of rotatable bonds is 9. The second-order valence-electron chi connectivity index (χ2n) is 8.88. The summed E-state index contributed by atoms with van der Waals surface area (Å²) in [6, 6.07) is 16.7. The van der Waals surface area contributed by atoms with Crippen LogP contribution in [0.2, 0.25) is 0 Å². The molecular weight excluding hydrogens is 593 g/mol. The number of ether oxygens (including phenoxy) is 1. The average Bonchev–Trinajstić information content (AvgIpc) is 2.91. The SMILES string of the molecule is CC(C)c1ccc(CNC(=O)C(=O)N/N=C\c2cc(Br)ccc2OCC(=O)Nc2cccc(C(F)(F)F)c2)cc1. The maximum atomic E-state index is 12.9. The molecule has 0 atom stereocenters. The van der Waals surface area contributed by atoms with Gasteiger partial charge in [-0.05, 0) is 53.4 Å². The molecule has 0 aliphatic heterocycles. The highest BCUT2D eigenvalue weighted by atomic mass is 79.9. The van der Waals surface area contributed by atoms with E-state index >= 15 is 0 Å². The molecule has 0 spiro atoms. The number of benzene rings is 3. The van der Waals surface area contributed by atoms with Gasteiger partial charge in [-0.25, -0.2) is 5.43 Å². The zero-order valence-corrected chi connectivity index (χ0v) is 23.1. The van der Waals surface area contributed by atoms with Crippen LogP contribution in [0, 0.1) is 0 Å². The highest BCUT2D eigenvalue weighted by Crippen LogP contribution is 2.30. The molecular formula is C28H26BrF3N4O4. The van der Waals surface area contributed by atoms with Crippen LogP contribution in [-0.2, 0) is 27.1 Å². The summed E-state index contributed by atoms with van der Waals surface area (Å²) in [5, 5.41) is 8.65. The minimum atomic E-state index is -4.54. The van der Waals surface area contributed by atoms with Gasteiger partial charge < -0.3 is 15.4 Å². The van der Waals surface area contributed by atoms with E-state index in [2.05, 4.69) is 50.9 Å². The lowest BCUT2D eigenvalue weighted by atomic mass is 10.0. The number of anilines is 1. The number of carbonyl (C=O) groups is 3. The van der Waals surface area contributed by atoms with Gasteiger partial charge in [-0.15, -0.1) is 0 Å². The second kappa shape index (κ2) is 13.7. The van der Waals surface area contributed by atoms with Crippen LogP contribution in [-0.4, -0.2) is 30.5 Å². The second-order valence-corrected chi connectivity index (χ2v) is 9.79. The van der Waals surface area contributed by atoms with Gasteiger partial charge in [-0.3, -0.25) is 14.4 Å². The van der Waals surface area contributed by atoms with Crippen molar-refractivity contribution in [2.75, 3.05) is 11.9 Å². The van der Waals surface area contributed by atoms with Crippen LogP contribution >= 0.6 is 15.9 Å². The quantitative estimate of drug-likeness (QED) is 0.170. The highest BCUT2D eigenvalue weighted by Gasteiger charge is 2.30. The Labute approximate surface area is 237 Å². The number of halogens is 4. The fourth-order valence-corrected chi connectivity index (χ4v) is 3.74. The van der Waals surface area contributed by atoms with E-state index in [0.717, 1.165) is 23.3 Å². The molecule has 12 heteroatoms. The Bertz CT molecular complexity index is 1390. The number of alkyl halides is 3. The third kappa shape index (κ3) is 9.23. The fourth-order valence-electron chi connectivity index (χ4n) is 3.36. The highest BCUT2D eigenvalue weighted by molar-refractivity contribution is 9.10. The summed E-state index contributed by atoms with van der Waals surface area (Å²) in [7, 11) is 0. The Kier molecular flexibility index (Phi) is 10.4. The lowest BCUT2D eigenvalue weighted by Gasteiger charge is -2.12. The summed E-state index contributed by atoms with van der Waals surface area (Å²) in [5.41, 5.74) is 3.55. The largest absolute Gasteiger partial charge is 0.483 e. The number of nitrogens with one attached hydrogen (secondary N) is 3.